The Morgan fingerprint density at radius 3 is 2.17 bits per heavy atom. The van der Waals surface area contributed by atoms with E-state index in [-0.39, 0.29) is 24.9 Å². The molecule has 1 aromatic rings. The molecular formula is C15H23N3O5. The van der Waals surface area contributed by atoms with Crippen molar-refractivity contribution in [3.05, 3.63) is 18.2 Å². The Labute approximate surface area is 135 Å². The topological polar surface area (TPSA) is 112 Å². The number of methoxy groups -OCH3 is 2. The van der Waals surface area contributed by atoms with Gasteiger partial charge >= 0.3 is 0 Å². The summed E-state index contributed by atoms with van der Waals surface area (Å²) in [5.74, 6) is 1.28. The fraction of sp³-hybridized carbons (Fsp3) is 0.467. The van der Waals surface area contributed by atoms with E-state index in [4.69, 9.17) is 19.9 Å². The van der Waals surface area contributed by atoms with Crippen molar-refractivity contribution < 1.29 is 23.8 Å². The van der Waals surface area contributed by atoms with E-state index in [1.807, 2.05) is 0 Å². The molecule has 0 unspecified atom stereocenters. The van der Waals surface area contributed by atoms with E-state index in [1.165, 1.54) is 0 Å². The first-order valence-corrected chi connectivity index (χ1v) is 7.18. The standard InChI is InChI=1S/C15H23N3O5/c1-21-11-6-12(22-2)8-13(7-11)23-5-3-4-17-15(20)10-18-14(19)9-16/h6-8H,3-5,9-10,16H2,1-2H3,(H,17,20)(H,18,19). The number of rotatable bonds is 10. The molecule has 2 amide bonds. The van der Waals surface area contributed by atoms with Crippen LogP contribution in [0.25, 0.3) is 0 Å². The SMILES string of the molecule is COc1cc(OC)cc(OCCCNC(=O)CNC(=O)CN)c1. The highest BCUT2D eigenvalue weighted by Crippen LogP contribution is 2.27. The molecule has 0 atom stereocenters. The van der Waals surface area contributed by atoms with Crippen LogP contribution in [0.15, 0.2) is 18.2 Å². The van der Waals surface area contributed by atoms with Gasteiger partial charge in [-0.15, -0.1) is 0 Å². The summed E-state index contributed by atoms with van der Waals surface area (Å²) < 4.78 is 15.9. The monoisotopic (exact) mass is 325 g/mol. The number of amides is 2. The Kier molecular flexibility index (Phi) is 8.30. The average molecular weight is 325 g/mol. The lowest BCUT2D eigenvalue weighted by Gasteiger charge is -2.10. The van der Waals surface area contributed by atoms with Crippen molar-refractivity contribution in [2.45, 2.75) is 6.42 Å². The Hall–Kier alpha value is -2.48. The normalized spacial score (nSPS) is 9.87. The largest absolute Gasteiger partial charge is 0.496 e. The molecule has 1 rings (SSSR count). The molecule has 8 nitrogen and oxygen atoms in total. The number of ether oxygens (including phenoxy) is 3. The predicted octanol–water partition coefficient (Wildman–Crippen LogP) is -0.336. The second-order valence-corrected chi connectivity index (χ2v) is 4.58. The number of nitrogens with two attached hydrogens (primary N) is 1. The molecule has 4 N–H and O–H groups in total. The molecule has 0 spiro atoms. The van der Waals surface area contributed by atoms with Gasteiger partial charge in [0.05, 0.1) is 33.9 Å². The summed E-state index contributed by atoms with van der Waals surface area (Å²) in [5.41, 5.74) is 5.12. The molecule has 0 radical (unpaired) electrons. The molecule has 0 fully saturated rings. The summed E-state index contributed by atoms with van der Waals surface area (Å²) in [4.78, 5) is 22.3. The highest BCUT2D eigenvalue weighted by molar-refractivity contribution is 5.85. The number of benzene rings is 1. The number of carbonyl (C=O) groups excluding carboxylic acids is 2. The van der Waals surface area contributed by atoms with Gasteiger partial charge < -0.3 is 30.6 Å². The minimum Gasteiger partial charge on any atom is -0.496 e. The van der Waals surface area contributed by atoms with Gasteiger partial charge in [-0.25, -0.2) is 0 Å². The van der Waals surface area contributed by atoms with Gasteiger partial charge in [0.15, 0.2) is 0 Å². The lowest BCUT2D eigenvalue weighted by atomic mass is 10.3. The summed E-state index contributed by atoms with van der Waals surface area (Å²) in [5, 5.41) is 5.06. The number of carbonyl (C=O) groups is 2. The predicted molar refractivity (Wildman–Crippen MR) is 84.7 cm³/mol. The minimum absolute atomic E-state index is 0.0794. The maximum atomic E-state index is 11.4. The van der Waals surface area contributed by atoms with E-state index in [0.29, 0.717) is 36.8 Å². The van der Waals surface area contributed by atoms with Crippen molar-refractivity contribution in [3.63, 3.8) is 0 Å². The Balaban J connectivity index is 2.24. The average Bonchev–Trinajstić information content (AvgIpc) is 2.58. The molecule has 0 saturated heterocycles. The van der Waals surface area contributed by atoms with Crippen molar-refractivity contribution in [1.29, 1.82) is 0 Å². The lowest BCUT2D eigenvalue weighted by Crippen LogP contribution is -2.39. The lowest BCUT2D eigenvalue weighted by molar-refractivity contribution is -0.125. The van der Waals surface area contributed by atoms with Crippen LogP contribution >= 0.6 is 0 Å². The fourth-order valence-corrected chi connectivity index (χ4v) is 1.67. The van der Waals surface area contributed by atoms with Crippen LogP contribution < -0.4 is 30.6 Å². The molecule has 1 aromatic carbocycles. The molecule has 0 aliphatic heterocycles. The van der Waals surface area contributed by atoms with Crippen LogP contribution in [-0.2, 0) is 9.59 Å². The molecule has 0 heterocycles. The zero-order valence-electron chi connectivity index (χ0n) is 13.4. The summed E-state index contributed by atoms with van der Waals surface area (Å²) in [6.07, 6.45) is 0.621. The third-order valence-corrected chi connectivity index (χ3v) is 2.87. The molecule has 0 aliphatic carbocycles. The number of hydrogen-bond acceptors (Lipinski definition) is 6. The van der Waals surface area contributed by atoms with Gasteiger partial charge in [0.1, 0.15) is 17.2 Å². The molecule has 0 saturated carbocycles. The molecule has 128 valence electrons. The molecule has 0 aromatic heterocycles. The number of hydrogen-bond donors (Lipinski definition) is 3. The van der Waals surface area contributed by atoms with Crippen molar-refractivity contribution in [1.82, 2.24) is 10.6 Å². The zero-order valence-corrected chi connectivity index (χ0v) is 13.4. The van der Waals surface area contributed by atoms with Gasteiger partial charge in [0, 0.05) is 24.7 Å². The van der Waals surface area contributed by atoms with Gasteiger partial charge in [-0.05, 0) is 6.42 Å². The summed E-state index contributed by atoms with van der Waals surface area (Å²) in [6.45, 7) is 0.652. The quantitative estimate of drug-likeness (QED) is 0.508. The highest BCUT2D eigenvalue weighted by atomic mass is 16.5. The summed E-state index contributed by atoms with van der Waals surface area (Å²) in [6, 6.07) is 5.26. The second kappa shape index (κ2) is 10.3. The maximum absolute atomic E-state index is 11.4. The highest BCUT2D eigenvalue weighted by Gasteiger charge is 2.04. The molecular weight excluding hydrogens is 302 g/mol. The third kappa shape index (κ3) is 7.37. The summed E-state index contributed by atoms with van der Waals surface area (Å²) in [7, 11) is 3.13. The Bertz CT molecular complexity index is 500. The first kappa shape index (κ1) is 18.6. The first-order valence-electron chi connectivity index (χ1n) is 7.18. The van der Waals surface area contributed by atoms with Crippen molar-refractivity contribution in [2.75, 3.05) is 40.5 Å². The zero-order chi connectivity index (χ0) is 17.1. The fourth-order valence-electron chi connectivity index (χ4n) is 1.67. The Morgan fingerprint density at radius 1 is 1.00 bits per heavy atom. The summed E-state index contributed by atoms with van der Waals surface area (Å²) >= 11 is 0. The second-order valence-electron chi connectivity index (χ2n) is 4.58. The molecule has 0 bridgehead atoms. The Morgan fingerprint density at radius 2 is 1.61 bits per heavy atom. The third-order valence-electron chi connectivity index (χ3n) is 2.87. The van der Waals surface area contributed by atoms with E-state index < -0.39 is 0 Å². The van der Waals surface area contributed by atoms with Crippen LogP contribution in [0.5, 0.6) is 17.2 Å². The van der Waals surface area contributed by atoms with E-state index in [0.717, 1.165) is 0 Å². The van der Waals surface area contributed by atoms with Crippen LogP contribution in [0.4, 0.5) is 0 Å². The maximum Gasteiger partial charge on any atom is 0.239 e. The van der Waals surface area contributed by atoms with Gasteiger partial charge in [-0.2, -0.15) is 0 Å². The van der Waals surface area contributed by atoms with Crippen molar-refractivity contribution >= 4 is 11.8 Å². The van der Waals surface area contributed by atoms with E-state index in [9.17, 15) is 9.59 Å². The van der Waals surface area contributed by atoms with Crippen molar-refractivity contribution in [3.8, 4) is 17.2 Å². The first-order chi connectivity index (χ1) is 11.1. The van der Waals surface area contributed by atoms with Gasteiger partial charge in [0.2, 0.25) is 11.8 Å². The van der Waals surface area contributed by atoms with E-state index in [2.05, 4.69) is 10.6 Å². The van der Waals surface area contributed by atoms with Crippen LogP contribution in [0.1, 0.15) is 6.42 Å². The van der Waals surface area contributed by atoms with E-state index in [1.54, 1.807) is 32.4 Å². The van der Waals surface area contributed by atoms with Gasteiger partial charge in [0.25, 0.3) is 0 Å². The van der Waals surface area contributed by atoms with Crippen LogP contribution in [-0.4, -0.2) is 52.3 Å². The molecule has 23 heavy (non-hydrogen) atoms. The minimum atomic E-state index is -0.365. The van der Waals surface area contributed by atoms with Crippen LogP contribution in [0, 0.1) is 0 Å². The number of nitrogens with one attached hydrogen (secondary N) is 2. The van der Waals surface area contributed by atoms with Crippen molar-refractivity contribution in [2.24, 2.45) is 5.73 Å². The smallest absolute Gasteiger partial charge is 0.239 e. The van der Waals surface area contributed by atoms with Crippen LogP contribution in [0.3, 0.4) is 0 Å². The van der Waals surface area contributed by atoms with Gasteiger partial charge in [-0.1, -0.05) is 0 Å². The molecule has 0 aliphatic rings. The molecule has 8 heteroatoms. The van der Waals surface area contributed by atoms with Crippen LogP contribution in [0.2, 0.25) is 0 Å². The van der Waals surface area contributed by atoms with Gasteiger partial charge in [-0.3, -0.25) is 9.59 Å². The van der Waals surface area contributed by atoms with E-state index >= 15 is 0 Å².